The van der Waals surface area contributed by atoms with E-state index in [0.717, 1.165) is 25.7 Å². The predicted molar refractivity (Wildman–Crippen MR) is 77.9 cm³/mol. The molecule has 0 unspecified atom stereocenters. The fourth-order valence-corrected chi connectivity index (χ4v) is 2.52. The van der Waals surface area contributed by atoms with Gasteiger partial charge in [0.15, 0.2) is 0 Å². The van der Waals surface area contributed by atoms with Gasteiger partial charge in [0.25, 0.3) is 0 Å². The number of hydrogen-bond donors (Lipinski definition) is 3. The fraction of sp³-hybridized carbons (Fsp3) is 0.786. The van der Waals surface area contributed by atoms with Gasteiger partial charge in [0.1, 0.15) is 5.54 Å². The summed E-state index contributed by atoms with van der Waals surface area (Å²) < 4.78 is 0. The number of nitrogens with one attached hydrogen (secondary N) is 2. The number of rotatable bonds is 5. The van der Waals surface area contributed by atoms with Crippen LogP contribution in [0.25, 0.3) is 0 Å². The van der Waals surface area contributed by atoms with Crippen molar-refractivity contribution in [3.05, 3.63) is 0 Å². The number of hydrogen-bond acceptors (Lipinski definition) is 3. The lowest BCUT2D eigenvalue weighted by Gasteiger charge is -2.31. The maximum absolute atomic E-state index is 12.2. The van der Waals surface area contributed by atoms with E-state index in [2.05, 4.69) is 10.6 Å². The molecule has 7 heteroatoms. The number of amides is 3. The molecule has 0 heterocycles. The molecule has 1 fully saturated rings. The zero-order valence-corrected chi connectivity index (χ0v) is 12.8. The highest BCUT2D eigenvalue weighted by Gasteiger charge is 2.40. The quantitative estimate of drug-likeness (QED) is 0.658. The number of carbonyl (C=O) groups is 3. The molecule has 0 aromatic rings. The summed E-state index contributed by atoms with van der Waals surface area (Å²) in [5, 5.41) is 14.7. The van der Waals surface area contributed by atoms with Crippen LogP contribution in [0.2, 0.25) is 0 Å². The van der Waals surface area contributed by atoms with E-state index < -0.39 is 17.5 Å². The first-order valence-electron chi connectivity index (χ1n) is 7.38. The maximum atomic E-state index is 12.2. The summed E-state index contributed by atoms with van der Waals surface area (Å²) >= 11 is 0. The normalized spacial score (nSPS) is 17.4. The van der Waals surface area contributed by atoms with Crippen molar-refractivity contribution in [3.8, 4) is 0 Å². The number of carboxylic acid groups (broad SMARTS) is 1. The van der Waals surface area contributed by atoms with Gasteiger partial charge < -0.3 is 20.6 Å². The molecule has 7 nitrogen and oxygen atoms in total. The van der Waals surface area contributed by atoms with E-state index in [0.29, 0.717) is 12.8 Å². The third-order valence-corrected chi connectivity index (χ3v) is 4.01. The molecule has 0 radical (unpaired) electrons. The Balaban J connectivity index is 2.63. The van der Waals surface area contributed by atoms with Crippen molar-refractivity contribution in [1.82, 2.24) is 15.5 Å². The summed E-state index contributed by atoms with van der Waals surface area (Å²) in [7, 11) is 3.10. The second-order valence-electron chi connectivity index (χ2n) is 5.58. The van der Waals surface area contributed by atoms with Gasteiger partial charge >= 0.3 is 12.0 Å². The molecule has 120 valence electrons. The number of urea groups is 1. The monoisotopic (exact) mass is 299 g/mol. The van der Waals surface area contributed by atoms with E-state index in [1.807, 2.05) is 0 Å². The molecule has 1 saturated carbocycles. The van der Waals surface area contributed by atoms with Crippen LogP contribution in [0.5, 0.6) is 0 Å². The van der Waals surface area contributed by atoms with Crippen molar-refractivity contribution < 1.29 is 19.5 Å². The minimum Gasteiger partial charge on any atom is -0.480 e. The average Bonchev–Trinajstić information content (AvgIpc) is 2.70. The Bertz CT molecular complexity index is 390. The molecule has 0 spiro atoms. The molecule has 1 aliphatic carbocycles. The van der Waals surface area contributed by atoms with Crippen LogP contribution in [0.15, 0.2) is 0 Å². The molecule has 3 amide bonds. The molecule has 0 saturated heterocycles. The van der Waals surface area contributed by atoms with Crippen molar-refractivity contribution in [3.63, 3.8) is 0 Å². The molecule has 1 aliphatic rings. The highest BCUT2D eigenvalue weighted by Crippen LogP contribution is 2.27. The molecule has 1 rings (SSSR count). The van der Waals surface area contributed by atoms with Crippen molar-refractivity contribution in [1.29, 1.82) is 0 Å². The molecule has 21 heavy (non-hydrogen) atoms. The van der Waals surface area contributed by atoms with Crippen LogP contribution in [0, 0.1) is 0 Å². The summed E-state index contributed by atoms with van der Waals surface area (Å²) in [5.74, 6) is -1.13. The van der Waals surface area contributed by atoms with Crippen LogP contribution >= 0.6 is 0 Å². The zero-order valence-electron chi connectivity index (χ0n) is 12.8. The van der Waals surface area contributed by atoms with Gasteiger partial charge in [-0.05, 0) is 12.8 Å². The van der Waals surface area contributed by atoms with E-state index in [9.17, 15) is 19.5 Å². The van der Waals surface area contributed by atoms with Crippen LogP contribution in [0.3, 0.4) is 0 Å². The highest BCUT2D eigenvalue weighted by atomic mass is 16.4. The lowest BCUT2D eigenvalue weighted by molar-refractivity contribution is -0.145. The summed E-state index contributed by atoms with van der Waals surface area (Å²) in [6.45, 7) is 0.251. The number of carbonyl (C=O) groups excluding carboxylic acids is 2. The van der Waals surface area contributed by atoms with Gasteiger partial charge in [0.2, 0.25) is 5.91 Å². The van der Waals surface area contributed by atoms with Crippen molar-refractivity contribution in [2.45, 2.75) is 50.5 Å². The van der Waals surface area contributed by atoms with E-state index in [-0.39, 0.29) is 18.9 Å². The maximum Gasteiger partial charge on any atom is 0.329 e. The van der Waals surface area contributed by atoms with Crippen LogP contribution in [-0.4, -0.2) is 54.1 Å². The number of aliphatic carboxylic acids is 1. The number of nitrogens with zero attached hydrogens (tertiary/aromatic N) is 1. The Morgan fingerprint density at radius 1 is 1.14 bits per heavy atom. The highest BCUT2D eigenvalue weighted by molar-refractivity contribution is 5.86. The third-order valence-electron chi connectivity index (χ3n) is 4.01. The van der Waals surface area contributed by atoms with Crippen LogP contribution in [-0.2, 0) is 9.59 Å². The molecule has 0 atom stereocenters. The first-order chi connectivity index (χ1) is 9.91. The van der Waals surface area contributed by atoms with Crippen LogP contribution in [0.4, 0.5) is 4.79 Å². The number of carboxylic acids is 1. The molecular formula is C14H25N3O4. The summed E-state index contributed by atoms with van der Waals surface area (Å²) in [5.41, 5.74) is -1.17. The van der Waals surface area contributed by atoms with E-state index >= 15 is 0 Å². The van der Waals surface area contributed by atoms with Crippen molar-refractivity contribution >= 4 is 17.9 Å². The van der Waals surface area contributed by atoms with Gasteiger partial charge in [-0.2, -0.15) is 0 Å². The standard InChI is InChI=1S/C14H25N3O4/c1-15-11(18)7-10-17(2)13(21)16-14(12(19)20)8-5-3-4-6-9-14/h3-10H2,1-2H3,(H,15,18)(H,16,21)(H,19,20). The first-order valence-corrected chi connectivity index (χ1v) is 7.38. The van der Waals surface area contributed by atoms with Crippen LogP contribution in [0.1, 0.15) is 44.9 Å². The Morgan fingerprint density at radius 3 is 2.19 bits per heavy atom. The lowest BCUT2D eigenvalue weighted by atomic mass is 9.90. The summed E-state index contributed by atoms with van der Waals surface area (Å²) in [6, 6.07) is -0.441. The molecule has 0 bridgehead atoms. The predicted octanol–water partition coefficient (Wildman–Crippen LogP) is 0.941. The Morgan fingerprint density at radius 2 is 1.71 bits per heavy atom. The fourth-order valence-electron chi connectivity index (χ4n) is 2.52. The lowest BCUT2D eigenvalue weighted by Crippen LogP contribution is -2.57. The molecule has 0 aromatic carbocycles. The van der Waals surface area contributed by atoms with Crippen LogP contribution < -0.4 is 10.6 Å². The van der Waals surface area contributed by atoms with Gasteiger partial charge in [-0.1, -0.05) is 25.7 Å². The Labute approximate surface area is 125 Å². The van der Waals surface area contributed by atoms with Gasteiger partial charge in [-0.15, -0.1) is 0 Å². The van der Waals surface area contributed by atoms with E-state index in [1.54, 1.807) is 7.05 Å². The second kappa shape index (κ2) is 7.85. The van der Waals surface area contributed by atoms with Gasteiger partial charge in [0, 0.05) is 27.1 Å². The molecule has 0 aliphatic heterocycles. The molecule has 0 aromatic heterocycles. The van der Waals surface area contributed by atoms with Gasteiger partial charge in [-0.3, -0.25) is 4.79 Å². The second-order valence-corrected chi connectivity index (χ2v) is 5.58. The Hall–Kier alpha value is -1.79. The van der Waals surface area contributed by atoms with Gasteiger partial charge in [0.05, 0.1) is 0 Å². The molecule has 3 N–H and O–H groups in total. The van der Waals surface area contributed by atoms with E-state index in [4.69, 9.17) is 0 Å². The van der Waals surface area contributed by atoms with Crippen molar-refractivity contribution in [2.24, 2.45) is 0 Å². The summed E-state index contributed by atoms with van der Waals surface area (Å²) in [6.07, 6.45) is 4.70. The SMILES string of the molecule is CNC(=O)CCN(C)C(=O)NC1(C(=O)O)CCCCCC1. The van der Waals surface area contributed by atoms with Gasteiger partial charge in [-0.25, -0.2) is 9.59 Å². The van der Waals surface area contributed by atoms with Crippen molar-refractivity contribution in [2.75, 3.05) is 20.6 Å². The zero-order chi connectivity index (χ0) is 15.9. The molecular weight excluding hydrogens is 274 g/mol. The average molecular weight is 299 g/mol. The summed E-state index contributed by atoms with van der Waals surface area (Å²) in [4.78, 5) is 36.3. The minimum absolute atomic E-state index is 0.155. The largest absolute Gasteiger partial charge is 0.480 e. The smallest absolute Gasteiger partial charge is 0.329 e. The first kappa shape index (κ1) is 17.3. The topological polar surface area (TPSA) is 98.7 Å². The third kappa shape index (κ3) is 4.91. The van der Waals surface area contributed by atoms with E-state index in [1.165, 1.54) is 11.9 Å². The minimum atomic E-state index is -1.17. The Kier molecular flexibility index (Phi) is 6.45.